The average molecular weight is 366 g/mol. The van der Waals surface area contributed by atoms with Crippen LogP contribution in [0.15, 0.2) is 18.2 Å². The normalized spacial score (nSPS) is 32.4. The predicted molar refractivity (Wildman–Crippen MR) is 99.6 cm³/mol. The van der Waals surface area contributed by atoms with E-state index in [0.29, 0.717) is 11.8 Å². The minimum Gasteiger partial charge on any atom is -0.303 e. The lowest BCUT2D eigenvalue weighted by Crippen LogP contribution is -2.50. The summed E-state index contributed by atoms with van der Waals surface area (Å²) in [5.41, 5.74) is 4.17. The monoisotopic (exact) mass is 366 g/mol. The number of phosphoric acid groups is 1. The molecule has 0 amide bonds. The minimum atomic E-state index is -4.43. The van der Waals surface area contributed by atoms with Crippen LogP contribution >= 0.6 is 7.82 Å². The van der Waals surface area contributed by atoms with Crippen LogP contribution in [0.25, 0.3) is 0 Å². The van der Waals surface area contributed by atoms with Gasteiger partial charge in [0, 0.05) is 0 Å². The lowest BCUT2D eigenvalue weighted by Gasteiger charge is -2.55. The van der Waals surface area contributed by atoms with Gasteiger partial charge in [-0.25, -0.2) is 4.57 Å². The molecule has 0 radical (unpaired) electrons. The highest BCUT2D eigenvalue weighted by atomic mass is 31.2. The first-order valence-electron chi connectivity index (χ1n) is 9.39. The molecular formula is C20H31O4P. The Labute approximate surface area is 151 Å². The maximum Gasteiger partial charge on any atom is 0.469 e. The van der Waals surface area contributed by atoms with Gasteiger partial charge in [0.1, 0.15) is 0 Å². The highest BCUT2D eigenvalue weighted by Gasteiger charge is 2.52. The Morgan fingerprint density at radius 3 is 2.64 bits per heavy atom. The zero-order chi connectivity index (χ0) is 18.5. The SMILES string of the molecule is CC(C)c1ccc2c(c1)CC[C@H]1[C@](C)(COP(=O)(O)O)CCC[C@]21C. The molecule has 25 heavy (non-hydrogen) atoms. The Bertz CT molecular complexity index is 695. The van der Waals surface area contributed by atoms with E-state index in [1.54, 1.807) is 0 Å². The van der Waals surface area contributed by atoms with Crippen molar-refractivity contribution in [2.45, 2.75) is 71.1 Å². The summed E-state index contributed by atoms with van der Waals surface area (Å²) < 4.78 is 16.2. The third-order valence-corrected chi connectivity index (χ3v) is 7.20. The van der Waals surface area contributed by atoms with Crippen LogP contribution < -0.4 is 0 Å². The van der Waals surface area contributed by atoms with Gasteiger partial charge in [0.05, 0.1) is 6.61 Å². The van der Waals surface area contributed by atoms with E-state index in [0.717, 1.165) is 32.1 Å². The van der Waals surface area contributed by atoms with Gasteiger partial charge in [0.2, 0.25) is 0 Å². The van der Waals surface area contributed by atoms with E-state index in [-0.39, 0.29) is 17.4 Å². The fourth-order valence-electron chi connectivity index (χ4n) is 5.41. The quantitative estimate of drug-likeness (QED) is 0.742. The molecule has 1 fully saturated rings. The van der Waals surface area contributed by atoms with Gasteiger partial charge in [-0.15, -0.1) is 0 Å². The molecule has 4 nitrogen and oxygen atoms in total. The van der Waals surface area contributed by atoms with Crippen LogP contribution in [-0.2, 0) is 20.9 Å². The maximum absolute atomic E-state index is 11.2. The van der Waals surface area contributed by atoms with Gasteiger partial charge in [-0.3, -0.25) is 4.52 Å². The molecule has 0 aliphatic heterocycles. The summed E-state index contributed by atoms with van der Waals surface area (Å²) in [5.74, 6) is 0.918. The highest BCUT2D eigenvalue weighted by Crippen LogP contribution is 2.58. The summed E-state index contributed by atoms with van der Waals surface area (Å²) >= 11 is 0. The Morgan fingerprint density at radius 2 is 2.00 bits per heavy atom. The lowest BCUT2D eigenvalue weighted by atomic mass is 9.50. The number of rotatable bonds is 4. The molecule has 0 aromatic heterocycles. The van der Waals surface area contributed by atoms with Crippen molar-refractivity contribution < 1.29 is 18.9 Å². The van der Waals surface area contributed by atoms with Gasteiger partial charge in [0.25, 0.3) is 0 Å². The van der Waals surface area contributed by atoms with Gasteiger partial charge in [-0.2, -0.15) is 0 Å². The molecule has 1 aromatic rings. The van der Waals surface area contributed by atoms with Crippen molar-refractivity contribution in [3.8, 4) is 0 Å². The van der Waals surface area contributed by atoms with E-state index in [1.165, 1.54) is 16.7 Å². The van der Waals surface area contributed by atoms with Crippen LogP contribution in [0, 0.1) is 11.3 Å². The molecule has 1 aromatic carbocycles. The maximum atomic E-state index is 11.2. The zero-order valence-electron chi connectivity index (χ0n) is 15.8. The van der Waals surface area contributed by atoms with Crippen molar-refractivity contribution in [2.24, 2.45) is 11.3 Å². The second kappa shape index (κ2) is 6.49. The molecule has 0 heterocycles. The van der Waals surface area contributed by atoms with E-state index in [9.17, 15) is 4.57 Å². The lowest BCUT2D eigenvalue weighted by molar-refractivity contribution is -0.0176. The largest absolute Gasteiger partial charge is 0.469 e. The van der Waals surface area contributed by atoms with Crippen LogP contribution in [0.5, 0.6) is 0 Å². The van der Waals surface area contributed by atoms with Gasteiger partial charge in [-0.05, 0) is 65.0 Å². The first-order valence-corrected chi connectivity index (χ1v) is 10.9. The van der Waals surface area contributed by atoms with Crippen LogP contribution in [-0.4, -0.2) is 16.4 Å². The fourth-order valence-corrected chi connectivity index (χ4v) is 5.87. The molecule has 0 bridgehead atoms. The van der Waals surface area contributed by atoms with E-state index < -0.39 is 7.82 Å². The van der Waals surface area contributed by atoms with E-state index >= 15 is 0 Å². The van der Waals surface area contributed by atoms with E-state index in [2.05, 4.69) is 45.9 Å². The highest BCUT2D eigenvalue weighted by molar-refractivity contribution is 7.46. The first kappa shape index (κ1) is 19.1. The molecular weight excluding hydrogens is 335 g/mol. The van der Waals surface area contributed by atoms with Crippen LogP contribution in [0.2, 0.25) is 0 Å². The summed E-state index contributed by atoms with van der Waals surface area (Å²) in [6.07, 6.45) is 5.27. The van der Waals surface area contributed by atoms with Crippen molar-refractivity contribution in [2.75, 3.05) is 6.61 Å². The van der Waals surface area contributed by atoms with Gasteiger partial charge < -0.3 is 9.79 Å². The zero-order valence-corrected chi connectivity index (χ0v) is 16.7. The Kier molecular flexibility index (Phi) is 4.96. The van der Waals surface area contributed by atoms with Crippen molar-refractivity contribution in [1.82, 2.24) is 0 Å². The number of hydrogen-bond acceptors (Lipinski definition) is 2. The summed E-state index contributed by atoms with van der Waals surface area (Å²) in [4.78, 5) is 18.3. The summed E-state index contributed by atoms with van der Waals surface area (Å²) in [5, 5.41) is 0. The topological polar surface area (TPSA) is 66.8 Å². The summed E-state index contributed by atoms with van der Waals surface area (Å²) in [6.45, 7) is 9.09. The summed E-state index contributed by atoms with van der Waals surface area (Å²) in [7, 11) is -4.43. The Balaban J connectivity index is 1.94. The first-order chi connectivity index (χ1) is 11.6. The summed E-state index contributed by atoms with van der Waals surface area (Å²) in [6, 6.07) is 6.95. The smallest absolute Gasteiger partial charge is 0.303 e. The third-order valence-electron chi connectivity index (χ3n) is 6.73. The third kappa shape index (κ3) is 3.60. The Morgan fingerprint density at radius 1 is 1.28 bits per heavy atom. The van der Waals surface area contributed by atoms with Gasteiger partial charge in [0.15, 0.2) is 0 Å². The second-order valence-corrected chi connectivity index (χ2v) is 10.1. The van der Waals surface area contributed by atoms with Crippen molar-refractivity contribution in [1.29, 1.82) is 0 Å². The molecule has 2 aliphatic carbocycles. The molecule has 2 aliphatic rings. The molecule has 0 unspecified atom stereocenters. The fraction of sp³-hybridized carbons (Fsp3) is 0.700. The molecule has 3 rings (SSSR count). The minimum absolute atomic E-state index is 0.0638. The number of fused-ring (bicyclic) bond motifs is 3. The molecule has 140 valence electrons. The standard InChI is InChI=1S/C20H31O4P/c1-14(2)15-6-8-17-16(12-15)7-9-18-19(3,13-24-25(21,22)23)10-5-11-20(17,18)4/h6,8,12,14,18H,5,7,9-11,13H2,1-4H3,(H2,21,22,23)/t18-,19-,20+/m0/s1. The van der Waals surface area contributed by atoms with Crippen molar-refractivity contribution in [3.05, 3.63) is 34.9 Å². The molecule has 5 heteroatoms. The molecule has 1 saturated carbocycles. The molecule has 0 spiro atoms. The van der Waals surface area contributed by atoms with Crippen LogP contribution in [0.3, 0.4) is 0 Å². The van der Waals surface area contributed by atoms with Gasteiger partial charge in [-0.1, -0.05) is 52.3 Å². The Hall–Kier alpha value is -0.670. The molecule has 3 atom stereocenters. The number of benzene rings is 1. The van der Waals surface area contributed by atoms with E-state index in [1.807, 2.05) is 0 Å². The van der Waals surface area contributed by atoms with Crippen LogP contribution in [0.1, 0.15) is 76.0 Å². The number of phosphoric ester groups is 1. The van der Waals surface area contributed by atoms with Gasteiger partial charge >= 0.3 is 7.82 Å². The average Bonchev–Trinajstić information content (AvgIpc) is 2.52. The van der Waals surface area contributed by atoms with E-state index in [4.69, 9.17) is 14.3 Å². The second-order valence-electron chi connectivity index (χ2n) is 8.85. The predicted octanol–water partition coefficient (Wildman–Crippen LogP) is 4.93. The van der Waals surface area contributed by atoms with Crippen molar-refractivity contribution >= 4 is 7.82 Å². The number of hydrogen-bond donors (Lipinski definition) is 2. The molecule has 2 N–H and O–H groups in total. The number of aryl methyl sites for hydroxylation is 1. The van der Waals surface area contributed by atoms with Crippen molar-refractivity contribution in [3.63, 3.8) is 0 Å². The van der Waals surface area contributed by atoms with Crippen LogP contribution in [0.4, 0.5) is 0 Å². The molecule has 0 saturated heterocycles.